The number of benzene rings is 1. The lowest BCUT2D eigenvalue weighted by Gasteiger charge is -2.42. The van der Waals surface area contributed by atoms with E-state index in [0.717, 1.165) is 6.42 Å². The van der Waals surface area contributed by atoms with Crippen LogP contribution in [0.4, 0.5) is 11.4 Å². The number of aliphatic carboxylic acids is 1. The molecule has 104 valence electrons. The van der Waals surface area contributed by atoms with Crippen molar-refractivity contribution in [1.29, 1.82) is 5.26 Å². The summed E-state index contributed by atoms with van der Waals surface area (Å²) < 4.78 is 0. The van der Waals surface area contributed by atoms with Gasteiger partial charge in [0.1, 0.15) is 6.07 Å². The molecule has 1 aliphatic carbocycles. The van der Waals surface area contributed by atoms with Crippen molar-refractivity contribution in [2.45, 2.75) is 31.2 Å². The largest absolute Gasteiger partial charge is 0.481 e. The maximum absolute atomic E-state index is 10.9. The van der Waals surface area contributed by atoms with Crippen LogP contribution in [0.3, 0.4) is 0 Å². The van der Waals surface area contributed by atoms with E-state index >= 15 is 0 Å². The van der Waals surface area contributed by atoms with Gasteiger partial charge < -0.3 is 10.4 Å². The molecule has 1 aliphatic rings. The van der Waals surface area contributed by atoms with E-state index in [4.69, 9.17) is 10.4 Å². The summed E-state index contributed by atoms with van der Waals surface area (Å²) in [5.41, 5.74) is -0.115. The molecule has 1 aromatic rings. The van der Waals surface area contributed by atoms with Crippen molar-refractivity contribution in [3.8, 4) is 6.07 Å². The number of nitro groups is 1. The van der Waals surface area contributed by atoms with Crippen molar-refractivity contribution in [2.75, 3.05) is 5.32 Å². The third-order valence-electron chi connectivity index (χ3n) is 3.53. The minimum Gasteiger partial charge on any atom is -0.481 e. The lowest BCUT2D eigenvalue weighted by molar-refractivity contribution is -0.384. The molecule has 0 atom stereocenters. The summed E-state index contributed by atoms with van der Waals surface area (Å²) >= 11 is 0. The molecular weight excluding hydrogens is 262 g/mol. The highest BCUT2D eigenvalue weighted by Gasteiger charge is 2.39. The highest BCUT2D eigenvalue weighted by molar-refractivity contribution is 5.71. The van der Waals surface area contributed by atoms with Gasteiger partial charge in [-0.15, -0.1) is 0 Å². The van der Waals surface area contributed by atoms with Gasteiger partial charge in [0.05, 0.1) is 22.6 Å². The fraction of sp³-hybridized carbons (Fsp3) is 0.385. The number of nitro benzene ring substituents is 1. The maximum atomic E-state index is 10.9. The van der Waals surface area contributed by atoms with Crippen molar-refractivity contribution >= 4 is 17.3 Å². The van der Waals surface area contributed by atoms with Gasteiger partial charge in [-0.05, 0) is 25.3 Å². The molecule has 0 aromatic heterocycles. The van der Waals surface area contributed by atoms with E-state index in [-0.39, 0.29) is 17.7 Å². The van der Waals surface area contributed by atoms with Gasteiger partial charge in [0, 0.05) is 17.7 Å². The first kappa shape index (κ1) is 13.8. The van der Waals surface area contributed by atoms with Crippen LogP contribution in [-0.2, 0) is 4.79 Å². The zero-order valence-corrected chi connectivity index (χ0v) is 10.6. The predicted molar refractivity (Wildman–Crippen MR) is 70.3 cm³/mol. The second-order valence-electron chi connectivity index (χ2n) is 4.93. The molecule has 2 N–H and O–H groups in total. The van der Waals surface area contributed by atoms with Crippen molar-refractivity contribution in [3.63, 3.8) is 0 Å². The zero-order chi connectivity index (χ0) is 14.8. The Morgan fingerprint density at radius 2 is 2.25 bits per heavy atom. The van der Waals surface area contributed by atoms with Crippen LogP contribution < -0.4 is 5.32 Å². The Kier molecular flexibility index (Phi) is 3.57. The van der Waals surface area contributed by atoms with Crippen molar-refractivity contribution in [1.82, 2.24) is 0 Å². The number of rotatable bonds is 5. The fourth-order valence-electron chi connectivity index (χ4n) is 2.37. The second-order valence-corrected chi connectivity index (χ2v) is 4.93. The summed E-state index contributed by atoms with van der Waals surface area (Å²) in [6.45, 7) is 0. The van der Waals surface area contributed by atoms with E-state index in [1.54, 1.807) is 0 Å². The first-order valence-electron chi connectivity index (χ1n) is 6.14. The Morgan fingerprint density at radius 1 is 1.55 bits per heavy atom. The zero-order valence-electron chi connectivity index (χ0n) is 10.6. The third kappa shape index (κ3) is 2.69. The van der Waals surface area contributed by atoms with Gasteiger partial charge in [0.2, 0.25) is 0 Å². The molecule has 2 rings (SSSR count). The molecule has 0 radical (unpaired) electrons. The molecule has 0 unspecified atom stereocenters. The van der Waals surface area contributed by atoms with E-state index in [9.17, 15) is 14.9 Å². The van der Waals surface area contributed by atoms with Crippen LogP contribution in [0.1, 0.15) is 31.2 Å². The number of carboxylic acids is 1. The Bertz CT molecular complexity index is 602. The molecule has 0 spiro atoms. The highest BCUT2D eigenvalue weighted by atomic mass is 16.6. The van der Waals surface area contributed by atoms with Gasteiger partial charge in [0.15, 0.2) is 0 Å². The molecule has 20 heavy (non-hydrogen) atoms. The monoisotopic (exact) mass is 275 g/mol. The third-order valence-corrected chi connectivity index (χ3v) is 3.53. The Balaban J connectivity index is 2.27. The van der Waals surface area contributed by atoms with Crippen LogP contribution in [0.5, 0.6) is 0 Å². The molecule has 0 heterocycles. The Morgan fingerprint density at radius 3 is 2.70 bits per heavy atom. The van der Waals surface area contributed by atoms with Gasteiger partial charge in [-0.2, -0.15) is 5.26 Å². The van der Waals surface area contributed by atoms with Gasteiger partial charge in [-0.25, -0.2) is 0 Å². The summed E-state index contributed by atoms with van der Waals surface area (Å²) in [5.74, 6) is -0.905. The van der Waals surface area contributed by atoms with Crippen LogP contribution in [0.15, 0.2) is 18.2 Å². The van der Waals surface area contributed by atoms with Gasteiger partial charge in [-0.1, -0.05) is 0 Å². The standard InChI is InChI=1S/C13H13N3O4/c14-8-9-6-10(16(19)20)2-3-11(9)15-13(4-1-5-13)7-12(17)18/h2-3,6,15H,1,4-5,7H2,(H,17,18). The summed E-state index contributed by atoms with van der Waals surface area (Å²) in [4.78, 5) is 21.0. The molecule has 0 bridgehead atoms. The summed E-state index contributed by atoms with van der Waals surface area (Å²) in [7, 11) is 0. The molecular formula is C13H13N3O4. The number of anilines is 1. The number of hydrogen-bond acceptors (Lipinski definition) is 5. The van der Waals surface area contributed by atoms with Crippen molar-refractivity contribution in [3.05, 3.63) is 33.9 Å². The minimum atomic E-state index is -0.905. The number of hydrogen-bond donors (Lipinski definition) is 2. The van der Waals surface area contributed by atoms with Gasteiger partial charge >= 0.3 is 5.97 Å². The van der Waals surface area contributed by atoms with Gasteiger partial charge in [0.25, 0.3) is 5.69 Å². The molecule has 7 nitrogen and oxygen atoms in total. The first-order chi connectivity index (χ1) is 9.46. The number of nitrogens with zero attached hydrogens (tertiary/aromatic N) is 2. The van der Waals surface area contributed by atoms with E-state index < -0.39 is 16.4 Å². The van der Waals surface area contributed by atoms with Crippen molar-refractivity contribution < 1.29 is 14.8 Å². The number of carbonyl (C=O) groups is 1. The first-order valence-corrected chi connectivity index (χ1v) is 6.14. The average Bonchev–Trinajstić information content (AvgIpc) is 2.35. The van der Waals surface area contributed by atoms with Crippen LogP contribution in [0, 0.1) is 21.4 Å². The quantitative estimate of drug-likeness (QED) is 0.629. The summed E-state index contributed by atoms with van der Waals surface area (Å²) in [6, 6.07) is 5.85. The summed E-state index contributed by atoms with van der Waals surface area (Å²) in [5, 5.41) is 31.8. The number of nitrogens with one attached hydrogen (secondary N) is 1. The van der Waals surface area contributed by atoms with Crippen LogP contribution >= 0.6 is 0 Å². The topological polar surface area (TPSA) is 116 Å². The SMILES string of the molecule is N#Cc1cc([N+](=O)[O-])ccc1NC1(CC(=O)O)CCC1. The lowest BCUT2D eigenvalue weighted by atomic mass is 9.74. The van der Waals surface area contributed by atoms with E-state index in [0.29, 0.717) is 18.5 Å². The predicted octanol–water partition coefficient (Wildman–Crippen LogP) is 2.28. The molecule has 0 amide bonds. The molecule has 1 aromatic carbocycles. The second kappa shape index (κ2) is 5.17. The van der Waals surface area contributed by atoms with E-state index in [2.05, 4.69) is 5.32 Å². The van der Waals surface area contributed by atoms with E-state index in [1.807, 2.05) is 6.07 Å². The molecule has 0 aliphatic heterocycles. The van der Waals surface area contributed by atoms with Crippen LogP contribution in [-0.4, -0.2) is 21.5 Å². The fourth-order valence-corrected chi connectivity index (χ4v) is 2.37. The minimum absolute atomic E-state index is 0.0329. The number of nitriles is 1. The normalized spacial score (nSPS) is 15.8. The smallest absolute Gasteiger partial charge is 0.305 e. The summed E-state index contributed by atoms with van der Waals surface area (Å²) in [6.07, 6.45) is 2.31. The molecule has 1 saturated carbocycles. The maximum Gasteiger partial charge on any atom is 0.305 e. The molecule has 7 heteroatoms. The molecule has 0 saturated heterocycles. The average molecular weight is 275 g/mol. The van der Waals surface area contributed by atoms with E-state index in [1.165, 1.54) is 18.2 Å². The number of carboxylic acid groups (broad SMARTS) is 1. The van der Waals surface area contributed by atoms with Crippen LogP contribution in [0.2, 0.25) is 0 Å². The van der Waals surface area contributed by atoms with Crippen molar-refractivity contribution in [2.24, 2.45) is 0 Å². The number of non-ortho nitro benzene ring substituents is 1. The van der Waals surface area contributed by atoms with Crippen LogP contribution in [0.25, 0.3) is 0 Å². The lowest BCUT2D eigenvalue weighted by Crippen LogP contribution is -2.46. The Labute approximate surface area is 115 Å². The Hall–Kier alpha value is -2.62. The van der Waals surface area contributed by atoms with Gasteiger partial charge in [-0.3, -0.25) is 14.9 Å². The molecule has 1 fully saturated rings. The highest BCUT2D eigenvalue weighted by Crippen LogP contribution is 2.39.